The van der Waals surface area contributed by atoms with Gasteiger partial charge in [0.15, 0.2) is 5.13 Å². The molecule has 172 valence electrons. The van der Waals surface area contributed by atoms with Gasteiger partial charge in [-0.05, 0) is 67.4 Å². The summed E-state index contributed by atoms with van der Waals surface area (Å²) in [5, 5.41) is 11.5. The number of thiazole rings is 1. The van der Waals surface area contributed by atoms with Crippen molar-refractivity contribution in [2.24, 2.45) is 0 Å². The number of benzene rings is 2. The Morgan fingerprint density at radius 1 is 1.15 bits per heavy atom. The second-order valence-corrected chi connectivity index (χ2v) is 9.01. The zero-order chi connectivity index (χ0) is 24.0. The largest absolute Gasteiger partial charge is 0.507 e. The van der Waals surface area contributed by atoms with Gasteiger partial charge in [0.1, 0.15) is 29.1 Å². The van der Waals surface area contributed by atoms with Crippen LogP contribution in [0.1, 0.15) is 35.6 Å². The van der Waals surface area contributed by atoms with E-state index in [2.05, 4.69) is 11.9 Å². The Balaban J connectivity index is 1.68. The molecule has 0 aliphatic carbocycles. The predicted octanol–water partition coefficient (Wildman–Crippen LogP) is 5.40. The van der Waals surface area contributed by atoms with Crippen LogP contribution >= 0.6 is 11.3 Å². The average Bonchev–Trinajstić information content (AvgIpc) is 3.54. The quantitative estimate of drug-likeness (QED) is 0.237. The van der Waals surface area contributed by atoms with E-state index in [1.54, 1.807) is 50.4 Å². The molecule has 1 N–H and O–H groups in total. The fourth-order valence-electron chi connectivity index (χ4n) is 4.08. The van der Waals surface area contributed by atoms with Gasteiger partial charge in [0, 0.05) is 5.56 Å². The Bertz CT molecular complexity index is 1450. The third-order valence-electron chi connectivity index (χ3n) is 5.89. The van der Waals surface area contributed by atoms with Gasteiger partial charge in [0.05, 0.1) is 22.9 Å². The van der Waals surface area contributed by atoms with E-state index >= 15 is 0 Å². The van der Waals surface area contributed by atoms with Crippen molar-refractivity contribution in [3.05, 3.63) is 82.8 Å². The number of rotatable bonds is 5. The van der Waals surface area contributed by atoms with Gasteiger partial charge in [0.25, 0.3) is 5.78 Å². The Labute approximate surface area is 199 Å². The van der Waals surface area contributed by atoms with Gasteiger partial charge in [-0.1, -0.05) is 24.3 Å². The highest BCUT2D eigenvalue weighted by Gasteiger charge is 2.49. The third-order valence-corrected chi connectivity index (χ3v) is 6.91. The number of aliphatic hydroxyl groups excluding tert-OH is 1. The number of aryl methyl sites for hydroxylation is 2. The van der Waals surface area contributed by atoms with E-state index in [1.807, 2.05) is 18.2 Å². The number of nitrogens with zero attached hydrogens (tertiary/aromatic N) is 2. The number of hydrogen-bond acceptors (Lipinski definition) is 7. The van der Waals surface area contributed by atoms with Crippen molar-refractivity contribution in [2.75, 3.05) is 12.0 Å². The molecule has 5 rings (SSSR count). The van der Waals surface area contributed by atoms with Crippen LogP contribution in [-0.2, 0) is 16.0 Å². The first-order valence-corrected chi connectivity index (χ1v) is 11.6. The molecule has 0 unspecified atom stereocenters. The maximum Gasteiger partial charge on any atom is 0.302 e. The molecule has 1 atom stereocenters. The highest BCUT2D eigenvalue weighted by Crippen LogP contribution is 2.44. The van der Waals surface area contributed by atoms with Gasteiger partial charge in [-0.2, -0.15) is 0 Å². The molecule has 1 fully saturated rings. The lowest BCUT2D eigenvalue weighted by Gasteiger charge is -2.20. The molecule has 1 aliphatic rings. The number of aromatic nitrogens is 1. The molecule has 7 nitrogen and oxygen atoms in total. The van der Waals surface area contributed by atoms with Crippen LogP contribution in [0, 0.1) is 6.92 Å². The highest BCUT2D eigenvalue weighted by atomic mass is 32.1. The maximum atomic E-state index is 13.3. The van der Waals surface area contributed by atoms with Crippen molar-refractivity contribution in [1.29, 1.82) is 0 Å². The number of furan rings is 1. The molecule has 0 bridgehead atoms. The van der Waals surface area contributed by atoms with Crippen LogP contribution in [0.15, 0.2) is 64.6 Å². The summed E-state index contributed by atoms with van der Waals surface area (Å²) in [5.74, 6) is -0.222. The van der Waals surface area contributed by atoms with Crippen molar-refractivity contribution in [2.45, 2.75) is 26.3 Å². The number of carbonyl (C=O) groups is 2. The zero-order valence-corrected chi connectivity index (χ0v) is 19.7. The number of hydrogen-bond donors (Lipinski definition) is 1. The molecule has 0 spiro atoms. The van der Waals surface area contributed by atoms with Crippen LogP contribution in [0.3, 0.4) is 0 Å². The number of carbonyl (C=O) groups excluding carboxylic acids is 2. The van der Waals surface area contributed by atoms with Crippen LogP contribution in [-0.4, -0.2) is 28.9 Å². The van der Waals surface area contributed by atoms with Gasteiger partial charge in [-0.25, -0.2) is 4.98 Å². The first-order chi connectivity index (χ1) is 16.4. The van der Waals surface area contributed by atoms with E-state index in [-0.39, 0.29) is 11.3 Å². The van der Waals surface area contributed by atoms with Gasteiger partial charge in [0.2, 0.25) is 0 Å². The summed E-state index contributed by atoms with van der Waals surface area (Å²) in [7, 11) is 1.54. The Morgan fingerprint density at radius 3 is 2.56 bits per heavy atom. The summed E-state index contributed by atoms with van der Waals surface area (Å²) in [6, 6.07) is 15.1. The molecule has 34 heavy (non-hydrogen) atoms. The first-order valence-electron chi connectivity index (χ1n) is 10.8. The number of anilines is 1. The SMILES string of the molecule is CCc1ccc2nc(N3C(=O)C(=O)/C(=C(/O)c4ccc(OC)cc4)[C@H]3c3ccc(C)o3)sc2c1. The smallest absolute Gasteiger partial charge is 0.302 e. The second-order valence-electron chi connectivity index (χ2n) is 8.00. The minimum Gasteiger partial charge on any atom is -0.507 e. The monoisotopic (exact) mass is 474 g/mol. The van der Waals surface area contributed by atoms with Crippen molar-refractivity contribution in [3.63, 3.8) is 0 Å². The number of methoxy groups -OCH3 is 1. The number of ether oxygens (including phenoxy) is 1. The molecule has 1 aliphatic heterocycles. The van der Waals surface area contributed by atoms with Crippen LogP contribution in [0.2, 0.25) is 0 Å². The molecule has 8 heteroatoms. The lowest BCUT2D eigenvalue weighted by molar-refractivity contribution is -0.132. The van der Waals surface area contributed by atoms with Crippen LogP contribution in [0.5, 0.6) is 5.75 Å². The lowest BCUT2D eigenvalue weighted by Crippen LogP contribution is -2.29. The van der Waals surface area contributed by atoms with E-state index in [9.17, 15) is 14.7 Å². The van der Waals surface area contributed by atoms with Crippen molar-refractivity contribution >= 4 is 44.1 Å². The number of fused-ring (bicyclic) bond motifs is 1. The molecule has 2 aromatic heterocycles. The maximum absolute atomic E-state index is 13.3. The summed E-state index contributed by atoms with van der Waals surface area (Å²) in [5.41, 5.74) is 2.24. The fourth-order valence-corrected chi connectivity index (χ4v) is 5.14. The van der Waals surface area contributed by atoms with Gasteiger partial charge < -0.3 is 14.3 Å². The average molecular weight is 475 g/mol. The fraction of sp³-hybridized carbons (Fsp3) is 0.192. The van der Waals surface area contributed by atoms with E-state index in [1.165, 1.54) is 16.2 Å². The first kappa shape index (κ1) is 21.9. The van der Waals surface area contributed by atoms with Crippen molar-refractivity contribution < 1.29 is 23.8 Å². The normalized spacial score (nSPS) is 17.6. The molecule has 0 saturated carbocycles. The Morgan fingerprint density at radius 2 is 1.91 bits per heavy atom. The topological polar surface area (TPSA) is 92.9 Å². The molecule has 1 saturated heterocycles. The van der Waals surface area contributed by atoms with Gasteiger partial charge in [-0.3, -0.25) is 14.5 Å². The minimum absolute atomic E-state index is 0.0435. The highest BCUT2D eigenvalue weighted by molar-refractivity contribution is 7.22. The molecule has 3 heterocycles. The molecule has 1 amide bonds. The van der Waals surface area contributed by atoms with Gasteiger partial charge >= 0.3 is 5.91 Å². The molecular weight excluding hydrogens is 452 g/mol. The number of amides is 1. The van der Waals surface area contributed by atoms with Crippen LogP contribution < -0.4 is 9.64 Å². The van der Waals surface area contributed by atoms with Crippen LogP contribution in [0.25, 0.3) is 16.0 Å². The summed E-state index contributed by atoms with van der Waals surface area (Å²) in [6.45, 7) is 3.85. The predicted molar refractivity (Wildman–Crippen MR) is 130 cm³/mol. The summed E-state index contributed by atoms with van der Waals surface area (Å²) in [6.07, 6.45) is 0.876. The summed E-state index contributed by atoms with van der Waals surface area (Å²) < 4.78 is 11.9. The van der Waals surface area contributed by atoms with E-state index in [4.69, 9.17) is 9.15 Å². The minimum atomic E-state index is -0.943. The lowest BCUT2D eigenvalue weighted by atomic mass is 9.99. The Kier molecular flexibility index (Phi) is 5.45. The van der Waals surface area contributed by atoms with Crippen molar-refractivity contribution in [1.82, 2.24) is 4.98 Å². The standard InChI is InChI=1S/C26H22N2O5S/c1-4-15-6-11-18-20(13-15)34-26(27-18)28-22(19-12-5-14(2)33-19)21(24(30)25(28)31)23(29)16-7-9-17(32-3)10-8-16/h5-13,22,29H,4H2,1-3H3/b23-21+/t22-/m1/s1. The number of ketones is 1. The van der Waals surface area contributed by atoms with E-state index in [0.717, 1.165) is 22.2 Å². The number of aliphatic hydroxyl groups is 1. The third kappa shape index (κ3) is 3.56. The zero-order valence-electron chi connectivity index (χ0n) is 18.9. The number of Topliss-reactive ketones (excluding diaryl/α,β-unsaturated/α-hetero) is 1. The summed E-state index contributed by atoms with van der Waals surface area (Å²) >= 11 is 1.33. The summed E-state index contributed by atoms with van der Waals surface area (Å²) in [4.78, 5) is 32.5. The van der Waals surface area contributed by atoms with E-state index < -0.39 is 17.7 Å². The molecular formula is C26H22N2O5S. The van der Waals surface area contributed by atoms with Crippen molar-refractivity contribution in [3.8, 4) is 5.75 Å². The second kappa shape index (κ2) is 8.46. The Hall–Kier alpha value is -3.91. The molecule has 2 aromatic carbocycles. The molecule has 0 radical (unpaired) electrons. The molecule has 4 aromatic rings. The van der Waals surface area contributed by atoms with Gasteiger partial charge in [-0.15, -0.1) is 0 Å². The van der Waals surface area contributed by atoms with E-state index in [0.29, 0.717) is 28.0 Å². The van der Waals surface area contributed by atoms with Crippen LogP contribution in [0.4, 0.5) is 5.13 Å².